The third kappa shape index (κ3) is 2.61. The Labute approximate surface area is 116 Å². The van der Waals surface area contributed by atoms with E-state index in [2.05, 4.69) is 10.3 Å². The van der Waals surface area contributed by atoms with Gasteiger partial charge in [-0.05, 0) is 37.9 Å². The number of piperidine rings is 1. The monoisotopic (exact) mass is 285 g/mol. The number of aromatic nitrogens is 1. The van der Waals surface area contributed by atoms with Gasteiger partial charge in [0.1, 0.15) is 11.5 Å². The summed E-state index contributed by atoms with van der Waals surface area (Å²) < 4.78 is 38.1. The summed E-state index contributed by atoms with van der Waals surface area (Å²) in [5.41, 5.74) is -0.591. The SMILES string of the molecule is FC(F)(F)c1cccc(N2CCC3(CCCNC3)C2)n1. The third-order valence-corrected chi connectivity index (χ3v) is 4.35. The van der Waals surface area contributed by atoms with Gasteiger partial charge in [0.15, 0.2) is 0 Å². The summed E-state index contributed by atoms with van der Waals surface area (Å²) in [6, 6.07) is 4.14. The molecule has 2 aliphatic rings. The molecule has 2 saturated heterocycles. The average Bonchev–Trinajstić information content (AvgIpc) is 2.83. The highest BCUT2D eigenvalue weighted by molar-refractivity contribution is 5.41. The summed E-state index contributed by atoms with van der Waals surface area (Å²) in [5, 5.41) is 3.40. The Morgan fingerprint density at radius 2 is 2.10 bits per heavy atom. The molecule has 1 unspecified atom stereocenters. The molecule has 1 aromatic heterocycles. The van der Waals surface area contributed by atoms with E-state index < -0.39 is 11.9 Å². The van der Waals surface area contributed by atoms with Crippen molar-refractivity contribution in [1.29, 1.82) is 0 Å². The summed E-state index contributed by atoms with van der Waals surface area (Å²) in [5.74, 6) is 0.447. The maximum Gasteiger partial charge on any atom is 0.433 e. The quantitative estimate of drug-likeness (QED) is 0.860. The van der Waals surface area contributed by atoms with Gasteiger partial charge in [0, 0.05) is 25.0 Å². The van der Waals surface area contributed by atoms with Crippen LogP contribution < -0.4 is 10.2 Å². The number of nitrogens with zero attached hydrogens (tertiary/aromatic N) is 2. The van der Waals surface area contributed by atoms with E-state index in [-0.39, 0.29) is 5.41 Å². The molecule has 0 saturated carbocycles. The first-order valence-corrected chi connectivity index (χ1v) is 6.99. The van der Waals surface area contributed by atoms with E-state index >= 15 is 0 Å². The maximum atomic E-state index is 12.7. The summed E-state index contributed by atoms with van der Waals surface area (Å²) >= 11 is 0. The Morgan fingerprint density at radius 3 is 2.80 bits per heavy atom. The van der Waals surface area contributed by atoms with Crippen LogP contribution in [0.4, 0.5) is 19.0 Å². The molecule has 3 rings (SSSR count). The van der Waals surface area contributed by atoms with Gasteiger partial charge in [-0.25, -0.2) is 4.98 Å². The van der Waals surface area contributed by atoms with Crippen molar-refractivity contribution in [1.82, 2.24) is 10.3 Å². The summed E-state index contributed by atoms with van der Waals surface area (Å²) in [4.78, 5) is 5.77. The highest BCUT2D eigenvalue weighted by Crippen LogP contribution is 2.38. The zero-order valence-corrected chi connectivity index (χ0v) is 11.2. The van der Waals surface area contributed by atoms with E-state index in [1.165, 1.54) is 6.07 Å². The predicted molar refractivity (Wildman–Crippen MR) is 70.6 cm³/mol. The Morgan fingerprint density at radius 1 is 1.25 bits per heavy atom. The van der Waals surface area contributed by atoms with E-state index in [0.29, 0.717) is 5.82 Å². The molecule has 2 aliphatic heterocycles. The minimum absolute atomic E-state index is 0.216. The summed E-state index contributed by atoms with van der Waals surface area (Å²) in [6.07, 6.45) is -1.06. The van der Waals surface area contributed by atoms with Gasteiger partial charge >= 0.3 is 6.18 Å². The second-order valence-corrected chi connectivity index (χ2v) is 5.83. The molecule has 1 spiro atoms. The lowest BCUT2D eigenvalue weighted by Gasteiger charge is -2.34. The van der Waals surface area contributed by atoms with Crippen LogP contribution in [0.5, 0.6) is 0 Å². The molecule has 20 heavy (non-hydrogen) atoms. The number of anilines is 1. The first kappa shape index (κ1) is 13.7. The zero-order chi connectivity index (χ0) is 14.2. The van der Waals surface area contributed by atoms with Crippen LogP contribution in [0.25, 0.3) is 0 Å². The fraction of sp³-hybridized carbons (Fsp3) is 0.643. The van der Waals surface area contributed by atoms with Crippen molar-refractivity contribution in [2.45, 2.75) is 25.4 Å². The minimum Gasteiger partial charge on any atom is -0.356 e. The molecule has 0 radical (unpaired) electrons. The molecular formula is C14H18F3N3. The van der Waals surface area contributed by atoms with E-state index in [1.807, 2.05) is 4.90 Å². The highest BCUT2D eigenvalue weighted by Gasteiger charge is 2.40. The van der Waals surface area contributed by atoms with Crippen LogP contribution in [0.1, 0.15) is 25.0 Å². The van der Waals surface area contributed by atoms with Crippen molar-refractivity contribution < 1.29 is 13.2 Å². The molecule has 110 valence electrons. The molecule has 0 amide bonds. The first-order valence-electron chi connectivity index (χ1n) is 6.99. The van der Waals surface area contributed by atoms with Gasteiger partial charge in [0.2, 0.25) is 0 Å². The van der Waals surface area contributed by atoms with Crippen molar-refractivity contribution in [2.75, 3.05) is 31.1 Å². The van der Waals surface area contributed by atoms with Gasteiger partial charge in [0.05, 0.1) is 0 Å². The van der Waals surface area contributed by atoms with Gasteiger partial charge in [-0.15, -0.1) is 0 Å². The Hall–Kier alpha value is -1.30. The van der Waals surface area contributed by atoms with E-state index in [9.17, 15) is 13.2 Å². The van der Waals surface area contributed by atoms with Crippen LogP contribution >= 0.6 is 0 Å². The maximum absolute atomic E-state index is 12.7. The second kappa shape index (κ2) is 4.91. The molecule has 1 aromatic rings. The lowest BCUT2D eigenvalue weighted by molar-refractivity contribution is -0.141. The molecular weight excluding hydrogens is 267 g/mol. The molecule has 3 heterocycles. The van der Waals surface area contributed by atoms with Crippen LogP contribution in [0.15, 0.2) is 18.2 Å². The van der Waals surface area contributed by atoms with E-state index in [4.69, 9.17) is 0 Å². The van der Waals surface area contributed by atoms with Crippen molar-refractivity contribution in [3.8, 4) is 0 Å². The topological polar surface area (TPSA) is 28.2 Å². The lowest BCUT2D eigenvalue weighted by Crippen LogP contribution is -2.42. The number of hydrogen-bond donors (Lipinski definition) is 1. The van der Waals surface area contributed by atoms with E-state index in [1.54, 1.807) is 6.07 Å². The Kier molecular flexibility index (Phi) is 3.36. The van der Waals surface area contributed by atoms with Crippen molar-refractivity contribution in [3.63, 3.8) is 0 Å². The molecule has 3 nitrogen and oxygen atoms in total. The molecule has 6 heteroatoms. The van der Waals surface area contributed by atoms with Gasteiger partial charge in [-0.1, -0.05) is 6.07 Å². The molecule has 0 aliphatic carbocycles. The Bertz CT molecular complexity index is 481. The molecule has 1 N–H and O–H groups in total. The van der Waals surface area contributed by atoms with Gasteiger partial charge < -0.3 is 10.2 Å². The fourth-order valence-corrected chi connectivity index (χ4v) is 3.27. The van der Waals surface area contributed by atoms with Crippen LogP contribution in [0, 0.1) is 5.41 Å². The smallest absolute Gasteiger partial charge is 0.356 e. The Balaban J connectivity index is 1.77. The summed E-state index contributed by atoms with van der Waals surface area (Å²) in [7, 11) is 0. The lowest BCUT2D eigenvalue weighted by atomic mass is 9.80. The van der Waals surface area contributed by atoms with Crippen molar-refractivity contribution in [3.05, 3.63) is 23.9 Å². The molecule has 0 bridgehead atoms. The largest absolute Gasteiger partial charge is 0.433 e. The number of pyridine rings is 1. The summed E-state index contributed by atoms with van der Waals surface area (Å²) in [6.45, 7) is 3.59. The molecule has 1 atom stereocenters. The predicted octanol–water partition coefficient (Wildman–Crippen LogP) is 2.68. The minimum atomic E-state index is -4.38. The number of rotatable bonds is 1. The normalized spacial score (nSPS) is 27.2. The van der Waals surface area contributed by atoms with E-state index in [0.717, 1.165) is 51.5 Å². The van der Waals surface area contributed by atoms with Crippen LogP contribution in [0.2, 0.25) is 0 Å². The third-order valence-electron chi connectivity index (χ3n) is 4.35. The van der Waals surface area contributed by atoms with Crippen LogP contribution in [-0.4, -0.2) is 31.2 Å². The molecule has 2 fully saturated rings. The number of alkyl halides is 3. The number of hydrogen-bond acceptors (Lipinski definition) is 3. The van der Waals surface area contributed by atoms with Gasteiger partial charge in [-0.3, -0.25) is 0 Å². The standard InChI is InChI=1S/C14H18F3N3/c15-14(16,17)11-3-1-4-12(19-11)20-8-6-13(10-20)5-2-7-18-9-13/h1,3-4,18H,2,5-10H2. The average molecular weight is 285 g/mol. The highest BCUT2D eigenvalue weighted by atomic mass is 19.4. The number of nitrogens with one attached hydrogen (secondary N) is 1. The van der Waals surface area contributed by atoms with Gasteiger partial charge in [0.25, 0.3) is 0 Å². The van der Waals surface area contributed by atoms with Gasteiger partial charge in [-0.2, -0.15) is 13.2 Å². The van der Waals surface area contributed by atoms with Crippen LogP contribution in [-0.2, 0) is 6.18 Å². The van der Waals surface area contributed by atoms with Crippen molar-refractivity contribution in [2.24, 2.45) is 5.41 Å². The zero-order valence-electron chi connectivity index (χ0n) is 11.2. The molecule has 0 aromatic carbocycles. The van der Waals surface area contributed by atoms with Crippen LogP contribution in [0.3, 0.4) is 0 Å². The second-order valence-electron chi connectivity index (χ2n) is 5.83. The fourth-order valence-electron chi connectivity index (χ4n) is 3.27. The van der Waals surface area contributed by atoms with Crippen molar-refractivity contribution >= 4 is 5.82 Å². The number of halogens is 3. The first-order chi connectivity index (χ1) is 9.49.